The molecule has 0 radical (unpaired) electrons. The maximum absolute atomic E-state index is 13.0. The molecule has 0 spiro atoms. The first-order valence-corrected chi connectivity index (χ1v) is 10.9. The number of benzene rings is 3. The SMILES string of the molecule is COc1cccc(-c2coc3cc(OC)c(/C(C)=C/C(=O)NCCc4ccc(F)cc4)cc23)c1. The summed E-state index contributed by atoms with van der Waals surface area (Å²) >= 11 is 0. The van der Waals surface area contributed by atoms with Crippen molar-refractivity contribution < 1.29 is 23.1 Å². The van der Waals surface area contributed by atoms with Gasteiger partial charge < -0.3 is 19.2 Å². The van der Waals surface area contributed by atoms with Crippen molar-refractivity contribution in [3.05, 3.63) is 89.9 Å². The van der Waals surface area contributed by atoms with Gasteiger partial charge in [0.05, 0.1) is 20.5 Å². The second-order valence-electron chi connectivity index (χ2n) is 7.92. The normalized spacial score (nSPS) is 11.5. The molecule has 174 valence electrons. The number of hydrogen-bond donors (Lipinski definition) is 1. The molecule has 0 unspecified atom stereocenters. The predicted molar refractivity (Wildman–Crippen MR) is 132 cm³/mol. The van der Waals surface area contributed by atoms with E-state index in [1.165, 1.54) is 12.1 Å². The maximum Gasteiger partial charge on any atom is 0.244 e. The van der Waals surface area contributed by atoms with Gasteiger partial charge in [0.15, 0.2) is 0 Å². The van der Waals surface area contributed by atoms with Gasteiger partial charge in [-0.05, 0) is 60.4 Å². The molecule has 6 heteroatoms. The lowest BCUT2D eigenvalue weighted by Crippen LogP contribution is -2.23. The second kappa shape index (κ2) is 10.3. The number of nitrogens with one attached hydrogen (secondary N) is 1. The molecule has 4 rings (SSSR count). The molecular formula is C28H26FNO4. The number of allylic oxidation sites excluding steroid dienone is 1. The Balaban J connectivity index is 1.57. The summed E-state index contributed by atoms with van der Waals surface area (Å²) in [6.07, 6.45) is 3.89. The van der Waals surface area contributed by atoms with Crippen LogP contribution in [0.25, 0.3) is 27.7 Å². The number of carbonyl (C=O) groups is 1. The van der Waals surface area contributed by atoms with Gasteiger partial charge in [-0.3, -0.25) is 4.79 Å². The summed E-state index contributed by atoms with van der Waals surface area (Å²) in [5.74, 6) is 0.896. The average Bonchev–Trinajstić information content (AvgIpc) is 3.27. The largest absolute Gasteiger partial charge is 0.497 e. The van der Waals surface area contributed by atoms with Crippen LogP contribution in [0, 0.1) is 5.82 Å². The summed E-state index contributed by atoms with van der Waals surface area (Å²) in [6.45, 7) is 2.32. The van der Waals surface area contributed by atoms with Crippen molar-refractivity contribution in [2.75, 3.05) is 20.8 Å². The van der Waals surface area contributed by atoms with Crippen molar-refractivity contribution in [3.63, 3.8) is 0 Å². The Morgan fingerprint density at radius 3 is 2.59 bits per heavy atom. The molecule has 34 heavy (non-hydrogen) atoms. The Kier molecular flexibility index (Phi) is 6.97. The van der Waals surface area contributed by atoms with Crippen LogP contribution >= 0.6 is 0 Å². The lowest BCUT2D eigenvalue weighted by atomic mass is 9.99. The third-order valence-corrected chi connectivity index (χ3v) is 5.67. The van der Waals surface area contributed by atoms with Crippen LogP contribution in [0.1, 0.15) is 18.1 Å². The maximum atomic E-state index is 13.0. The van der Waals surface area contributed by atoms with E-state index in [2.05, 4.69) is 5.32 Å². The van der Waals surface area contributed by atoms with Gasteiger partial charge in [0.25, 0.3) is 0 Å². The third kappa shape index (κ3) is 5.12. The summed E-state index contributed by atoms with van der Waals surface area (Å²) in [5, 5.41) is 3.79. The molecule has 0 atom stereocenters. The van der Waals surface area contributed by atoms with Crippen LogP contribution < -0.4 is 14.8 Å². The van der Waals surface area contributed by atoms with Crippen molar-refractivity contribution >= 4 is 22.4 Å². The highest BCUT2D eigenvalue weighted by molar-refractivity contribution is 6.00. The number of rotatable bonds is 8. The predicted octanol–water partition coefficient (Wildman–Crippen LogP) is 6.02. The van der Waals surface area contributed by atoms with Gasteiger partial charge in [-0.2, -0.15) is 0 Å². The average molecular weight is 460 g/mol. The molecule has 1 heterocycles. The molecule has 3 aromatic carbocycles. The lowest BCUT2D eigenvalue weighted by molar-refractivity contribution is -0.116. The van der Waals surface area contributed by atoms with Crippen LogP contribution in [0.2, 0.25) is 0 Å². The van der Waals surface area contributed by atoms with Crippen LogP contribution in [-0.4, -0.2) is 26.7 Å². The third-order valence-electron chi connectivity index (χ3n) is 5.67. The molecule has 0 fully saturated rings. The molecule has 4 aromatic rings. The van der Waals surface area contributed by atoms with E-state index in [0.717, 1.165) is 39.0 Å². The summed E-state index contributed by atoms with van der Waals surface area (Å²) in [7, 11) is 3.22. The fourth-order valence-electron chi connectivity index (χ4n) is 3.85. The monoisotopic (exact) mass is 459 g/mol. The van der Waals surface area contributed by atoms with Crippen molar-refractivity contribution in [2.24, 2.45) is 0 Å². The number of hydrogen-bond acceptors (Lipinski definition) is 4. The Morgan fingerprint density at radius 1 is 1.06 bits per heavy atom. The summed E-state index contributed by atoms with van der Waals surface area (Å²) in [5.41, 5.74) is 5.10. The molecule has 1 amide bonds. The van der Waals surface area contributed by atoms with Gasteiger partial charge >= 0.3 is 0 Å². The lowest BCUT2D eigenvalue weighted by Gasteiger charge is -2.10. The van der Waals surface area contributed by atoms with Gasteiger partial charge in [-0.25, -0.2) is 4.39 Å². The van der Waals surface area contributed by atoms with Crippen molar-refractivity contribution in [1.29, 1.82) is 0 Å². The topological polar surface area (TPSA) is 60.7 Å². The Labute approximate surface area is 197 Å². The molecule has 0 saturated carbocycles. The summed E-state index contributed by atoms with van der Waals surface area (Å²) in [6, 6.07) is 17.8. The fourth-order valence-corrected chi connectivity index (χ4v) is 3.85. The van der Waals surface area contributed by atoms with Crippen LogP contribution in [-0.2, 0) is 11.2 Å². The van der Waals surface area contributed by atoms with E-state index in [9.17, 15) is 9.18 Å². The Morgan fingerprint density at radius 2 is 1.85 bits per heavy atom. The van der Waals surface area contributed by atoms with Gasteiger partial charge in [0.1, 0.15) is 22.9 Å². The first kappa shape index (κ1) is 23.1. The van der Waals surface area contributed by atoms with Crippen LogP contribution in [0.3, 0.4) is 0 Å². The van der Waals surface area contributed by atoms with Crippen molar-refractivity contribution in [1.82, 2.24) is 5.32 Å². The highest BCUT2D eigenvalue weighted by atomic mass is 19.1. The molecule has 5 nitrogen and oxygen atoms in total. The first-order valence-electron chi connectivity index (χ1n) is 10.9. The van der Waals surface area contributed by atoms with E-state index >= 15 is 0 Å². The molecule has 1 aromatic heterocycles. The number of halogens is 1. The van der Waals surface area contributed by atoms with Gasteiger partial charge in [-0.15, -0.1) is 0 Å². The van der Waals surface area contributed by atoms with Crippen LogP contribution in [0.4, 0.5) is 4.39 Å². The van der Waals surface area contributed by atoms with E-state index in [0.29, 0.717) is 24.3 Å². The fraction of sp³-hybridized carbons (Fsp3) is 0.179. The number of methoxy groups -OCH3 is 2. The number of carbonyl (C=O) groups excluding carboxylic acids is 1. The van der Waals surface area contributed by atoms with Crippen molar-refractivity contribution in [3.8, 4) is 22.6 Å². The Bertz CT molecular complexity index is 1340. The number of amides is 1. The smallest absolute Gasteiger partial charge is 0.244 e. The van der Waals surface area contributed by atoms with E-state index in [1.54, 1.807) is 38.7 Å². The molecule has 0 aliphatic heterocycles. The minimum atomic E-state index is -0.274. The molecule has 1 N–H and O–H groups in total. The van der Waals surface area contributed by atoms with E-state index < -0.39 is 0 Å². The molecular weight excluding hydrogens is 433 g/mol. The summed E-state index contributed by atoms with van der Waals surface area (Å²) < 4.78 is 29.8. The van der Waals surface area contributed by atoms with Gasteiger partial charge in [0.2, 0.25) is 5.91 Å². The molecule has 0 aliphatic carbocycles. The molecule has 0 saturated heterocycles. The zero-order chi connectivity index (χ0) is 24.1. The van der Waals surface area contributed by atoms with Crippen LogP contribution in [0.15, 0.2) is 77.4 Å². The highest BCUT2D eigenvalue weighted by Crippen LogP contribution is 2.38. The van der Waals surface area contributed by atoms with E-state index in [1.807, 2.05) is 43.3 Å². The Hall–Kier alpha value is -4.06. The quantitative estimate of drug-likeness (QED) is 0.328. The number of furan rings is 1. The molecule has 0 bridgehead atoms. The van der Waals surface area contributed by atoms with E-state index in [4.69, 9.17) is 13.9 Å². The number of ether oxygens (including phenoxy) is 2. The van der Waals surface area contributed by atoms with Crippen molar-refractivity contribution in [2.45, 2.75) is 13.3 Å². The standard InChI is InChI=1S/C28H26FNO4/c1-18(13-28(31)30-12-11-19-7-9-21(29)10-8-19)23-15-24-25(17-34-27(24)16-26(23)33-3)20-5-4-6-22(14-20)32-2/h4-10,13-17H,11-12H2,1-3H3,(H,30,31)/b18-13+. The zero-order valence-electron chi connectivity index (χ0n) is 19.4. The minimum Gasteiger partial charge on any atom is -0.497 e. The number of fused-ring (bicyclic) bond motifs is 1. The van der Waals surface area contributed by atoms with E-state index in [-0.39, 0.29) is 11.7 Å². The first-order chi connectivity index (χ1) is 16.5. The van der Waals surface area contributed by atoms with Gasteiger partial charge in [-0.1, -0.05) is 24.3 Å². The summed E-state index contributed by atoms with van der Waals surface area (Å²) in [4.78, 5) is 12.5. The highest BCUT2D eigenvalue weighted by Gasteiger charge is 2.15. The zero-order valence-corrected chi connectivity index (χ0v) is 19.4. The van der Waals surface area contributed by atoms with Gasteiger partial charge in [0, 0.05) is 35.2 Å². The van der Waals surface area contributed by atoms with Crippen LogP contribution in [0.5, 0.6) is 11.5 Å². The molecule has 0 aliphatic rings. The minimum absolute atomic E-state index is 0.207. The second-order valence-corrected chi connectivity index (χ2v) is 7.92.